The van der Waals surface area contributed by atoms with Gasteiger partial charge in [-0.2, -0.15) is 0 Å². The molecule has 34 heavy (non-hydrogen) atoms. The summed E-state index contributed by atoms with van der Waals surface area (Å²) in [4.78, 5) is 25.8. The fourth-order valence-corrected chi connectivity index (χ4v) is 3.23. The van der Waals surface area contributed by atoms with Gasteiger partial charge < -0.3 is 26.5 Å². The number of rotatable bonds is 8. The molecule has 0 spiro atoms. The maximum Gasteiger partial charge on any atom is 0.269 e. The van der Waals surface area contributed by atoms with E-state index >= 15 is 0 Å². The summed E-state index contributed by atoms with van der Waals surface area (Å²) in [5, 5.41) is 13.3. The summed E-state index contributed by atoms with van der Waals surface area (Å²) < 4.78 is 18.8. The van der Waals surface area contributed by atoms with Crippen molar-refractivity contribution in [3.63, 3.8) is 0 Å². The second kappa shape index (κ2) is 12.2. The van der Waals surface area contributed by atoms with Crippen LogP contribution >= 0.6 is 0 Å². The van der Waals surface area contributed by atoms with Gasteiger partial charge in [0.1, 0.15) is 23.5 Å². The van der Waals surface area contributed by atoms with Gasteiger partial charge in [0, 0.05) is 29.4 Å². The molecule has 0 aliphatic rings. The first-order chi connectivity index (χ1) is 16.2. The molecule has 0 aliphatic heterocycles. The monoisotopic (exact) mass is 471 g/mol. The lowest BCUT2D eigenvalue weighted by molar-refractivity contribution is -0.120. The van der Waals surface area contributed by atoms with Crippen LogP contribution in [0.25, 0.3) is 11.3 Å². The van der Waals surface area contributed by atoms with Gasteiger partial charge in [-0.3, -0.25) is 19.7 Å². The Hall–Kier alpha value is -4.14. The third-order valence-corrected chi connectivity index (χ3v) is 4.77. The molecule has 3 rings (SSSR count). The smallest absolute Gasteiger partial charge is 0.269 e. The van der Waals surface area contributed by atoms with E-state index in [1.165, 1.54) is 6.26 Å². The third kappa shape index (κ3) is 6.93. The Labute approximate surface area is 199 Å². The van der Waals surface area contributed by atoms with Crippen molar-refractivity contribution in [1.29, 1.82) is 6.86 Å². The van der Waals surface area contributed by atoms with Crippen LogP contribution in [-0.2, 0) is 17.8 Å². The Bertz CT molecular complexity index is 1200. The van der Waals surface area contributed by atoms with Crippen LogP contribution in [0.3, 0.4) is 0 Å². The van der Waals surface area contributed by atoms with Gasteiger partial charge in [-0.05, 0) is 31.5 Å². The molecule has 0 atom stereocenters. The lowest BCUT2D eigenvalue weighted by atomic mass is 10.0. The van der Waals surface area contributed by atoms with Gasteiger partial charge in [-0.15, -0.1) is 0 Å². The predicted molar refractivity (Wildman–Crippen MR) is 136 cm³/mol. The molecule has 0 unspecified atom stereocenters. The van der Waals surface area contributed by atoms with Crippen molar-refractivity contribution in [2.24, 2.45) is 5.73 Å². The van der Waals surface area contributed by atoms with E-state index in [0.717, 1.165) is 5.56 Å². The SMILES string of the molecule is C.CC(C)Nc1coc(-c2cccc(N)c2)c(CC(=O)NCc2ccc(C(=N)N)cc2)c1=O.[3H]F. The average molecular weight is 472 g/mol. The van der Waals surface area contributed by atoms with E-state index in [9.17, 15) is 9.59 Å². The van der Waals surface area contributed by atoms with Crippen molar-refractivity contribution in [3.05, 3.63) is 81.7 Å². The first-order valence-electron chi connectivity index (χ1n) is 10.6. The van der Waals surface area contributed by atoms with Crippen molar-refractivity contribution in [2.75, 3.05) is 11.1 Å². The molecule has 9 heteroatoms. The van der Waals surface area contributed by atoms with Crippen LogP contribution in [0.5, 0.6) is 0 Å². The normalized spacial score (nSPS) is 10.3. The van der Waals surface area contributed by atoms with E-state index < -0.39 is 0 Å². The average Bonchev–Trinajstić information content (AvgIpc) is 2.81. The number of halogens is 1. The highest BCUT2D eigenvalue weighted by molar-refractivity contribution is 5.94. The number of amides is 1. The van der Waals surface area contributed by atoms with Crippen molar-refractivity contribution in [3.8, 4) is 11.3 Å². The summed E-state index contributed by atoms with van der Waals surface area (Å²) in [7, 11) is 0. The summed E-state index contributed by atoms with van der Waals surface area (Å²) in [6, 6.07) is 14.0. The predicted octanol–water partition coefficient (Wildman–Crippen LogP) is 3.64. The van der Waals surface area contributed by atoms with Gasteiger partial charge in [0.05, 0.1) is 12.0 Å². The lowest BCUT2D eigenvalue weighted by Crippen LogP contribution is -2.28. The minimum Gasteiger partial charge on any atom is -0.462 e. The number of hydrogen-bond donors (Lipinski definition) is 5. The zero-order valence-corrected chi connectivity index (χ0v) is 18.4. The molecule has 2 aromatic carbocycles. The number of nitrogen functional groups attached to an aromatic ring is 2. The van der Waals surface area contributed by atoms with Crippen molar-refractivity contribution >= 4 is 23.1 Å². The molecule has 0 saturated carbocycles. The van der Waals surface area contributed by atoms with Gasteiger partial charge >= 0.3 is 0 Å². The largest absolute Gasteiger partial charge is 0.462 e. The second-order valence-electron chi connectivity index (χ2n) is 7.77. The first-order valence-corrected chi connectivity index (χ1v) is 10.2. The number of benzene rings is 2. The van der Waals surface area contributed by atoms with Crippen LogP contribution in [0.15, 0.2) is 64.0 Å². The quantitative estimate of drug-likeness (QED) is 0.192. The van der Waals surface area contributed by atoms with Gasteiger partial charge in [0.25, 0.3) is 1.45 Å². The van der Waals surface area contributed by atoms with Gasteiger partial charge in [0.15, 0.2) is 0 Å². The number of carbonyl (C=O) groups is 1. The standard InChI is InChI=1S/C24H27N5O3.CH4.FH/c1-14(2)29-20-13-32-23(17-4-3-5-18(25)10-17)19(22(20)31)11-21(30)28-12-15-6-8-16(9-7-15)24(26)27;;/h3-10,13-14,29H,11-12,25H2,1-2H3,(H3,26,27)(H,28,30);1H4;1H/i/hT. The topological polar surface area (TPSA) is 147 Å². The molecule has 1 amide bonds. The van der Waals surface area contributed by atoms with E-state index in [1.807, 2.05) is 13.8 Å². The molecule has 0 aliphatic carbocycles. The number of nitrogens with two attached hydrogens (primary N) is 2. The highest BCUT2D eigenvalue weighted by Crippen LogP contribution is 2.25. The highest BCUT2D eigenvalue weighted by atomic mass is 19.0. The number of hydrogen-bond acceptors (Lipinski definition) is 6. The maximum absolute atomic E-state index is 13.1. The van der Waals surface area contributed by atoms with Crippen molar-refractivity contribution in [2.45, 2.75) is 40.3 Å². The fraction of sp³-hybridized carbons (Fsp3) is 0.240. The fourth-order valence-electron chi connectivity index (χ4n) is 3.23. The number of anilines is 2. The molecule has 0 saturated heterocycles. The molecule has 8 nitrogen and oxygen atoms in total. The van der Waals surface area contributed by atoms with Crippen LogP contribution < -0.4 is 27.5 Å². The van der Waals surface area contributed by atoms with Gasteiger partial charge in [0.2, 0.25) is 11.3 Å². The molecule has 7 N–H and O–H groups in total. The zero-order chi connectivity index (χ0) is 25.3. The highest BCUT2D eigenvalue weighted by Gasteiger charge is 2.19. The van der Waals surface area contributed by atoms with E-state index in [4.69, 9.17) is 26.0 Å². The minimum atomic E-state index is -0.320. The molecule has 3 aromatic rings. The molecule has 0 bridgehead atoms. The van der Waals surface area contributed by atoms with E-state index in [0.29, 0.717) is 28.3 Å². The molecule has 182 valence electrons. The van der Waals surface area contributed by atoms with Crippen molar-refractivity contribution < 1.29 is 13.9 Å². The Kier molecular flexibility index (Phi) is 9.37. The van der Waals surface area contributed by atoms with E-state index in [2.05, 4.69) is 12.1 Å². The minimum absolute atomic E-state index is 0. The maximum atomic E-state index is 13.1. The molecule has 0 radical (unpaired) electrons. The number of amidine groups is 1. The molecular formula is C25H32FN5O3. The summed E-state index contributed by atoms with van der Waals surface area (Å²) in [6.07, 6.45) is 1.23. The molecule has 1 heterocycles. The van der Waals surface area contributed by atoms with Gasteiger partial charge in [-0.25, -0.2) is 0 Å². The summed E-state index contributed by atoms with van der Waals surface area (Å²) in [5.74, 6) is -0.0198. The summed E-state index contributed by atoms with van der Waals surface area (Å²) in [6.45, 7) is 4.10. The third-order valence-electron chi connectivity index (χ3n) is 4.77. The van der Waals surface area contributed by atoms with Crippen LogP contribution in [0.2, 0.25) is 0 Å². The van der Waals surface area contributed by atoms with Crippen molar-refractivity contribution in [1.82, 2.24) is 5.32 Å². The summed E-state index contributed by atoms with van der Waals surface area (Å²) in [5.41, 5.74) is 14.2. The van der Waals surface area contributed by atoms with E-state index in [-0.39, 0.29) is 49.2 Å². The Balaban J connectivity index is 0.00000199. The molecule has 0 fully saturated rings. The Morgan fingerprint density at radius 3 is 2.47 bits per heavy atom. The molecule has 1 aromatic heterocycles. The van der Waals surface area contributed by atoms with Crippen LogP contribution in [-0.4, -0.2) is 19.2 Å². The zero-order valence-electron chi connectivity index (χ0n) is 19.4. The number of nitrogens with one attached hydrogen (secondary N) is 3. The van der Waals surface area contributed by atoms with Gasteiger partial charge in [-0.1, -0.05) is 43.8 Å². The molecular weight excluding hydrogens is 437 g/mol. The van der Waals surface area contributed by atoms with E-state index in [1.54, 1.807) is 48.5 Å². The Morgan fingerprint density at radius 1 is 1.21 bits per heavy atom. The summed E-state index contributed by atoms with van der Waals surface area (Å²) >= 11 is 0. The van der Waals surface area contributed by atoms with Crippen LogP contribution in [0.4, 0.5) is 16.1 Å². The van der Waals surface area contributed by atoms with Crippen LogP contribution in [0, 0.1) is 5.41 Å². The lowest BCUT2D eigenvalue weighted by Gasteiger charge is -2.14. The first kappa shape index (κ1) is 26.1. The van der Waals surface area contributed by atoms with Crippen LogP contribution in [0.1, 0.15) is 38.0 Å². The number of carbonyl (C=O) groups excluding carboxylic acids is 1. The Morgan fingerprint density at radius 2 is 1.88 bits per heavy atom. The second-order valence-corrected chi connectivity index (χ2v) is 7.77.